The van der Waals surface area contributed by atoms with E-state index in [1.165, 1.54) is 32.9 Å². The highest BCUT2D eigenvalue weighted by atomic mass is 35.5. The van der Waals surface area contributed by atoms with Crippen LogP contribution in [-0.4, -0.2) is 46.7 Å². The van der Waals surface area contributed by atoms with Crippen LogP contribution in [0.2, 0.25) is 5.02 Å². The number of anilines is 2. The lowest BCUT2D eigenvalue weighted by molar-refractivity contribution is -0.120. The maximum atomic E-state index is 13.4. The zero-order valence-corrected chi connectivity index (χ0v) is 24.1. The number of sulfonamides is 2. The zero-order valence-electron chi connectivity index (χ0n) is 21.7. The number of piperidine rings is 1. The van der Waals surface area contributed by atoms with Crippen LogP contribution in [0.3, 0.4) is 0 Å². The Bertz CT molecular complexity index is 1640. The quantitative estimate of drug-likeness (QED) is 0.448. The van der Waals surface area contributed by atoms with Gasteiger partial charge in [-0.1, -0.05) is 29.8 Å². The van der Waals surface area contributed by atoms with Gasteiger partial charge < -0.3 is 5.32 Å². The Morgan fingerprint density at radius 3 is 2.41 bits per heavy atom. The van der Waals surface area contributed by atoms with Crippen molar-refractivity contribution in [1.29, 1.82) is 0 Å². The van der Waals surface area contributed by atoms with Gasteiger partial charge in [0, 0.05) is 30.3 Å². The summed E-state index contributed by atoms with van der Waals surface area (Å²) in [4.78, 5) is 13.7. The number of nitrogens with zero attached hydrogens (tertiary/aromatic N) is 2. The summed E-state index contributed by atoms with van der Waals surface area (Å²) in [6.45, 7) is 4.36. The first kappa shape index (κ1) is 27.6. The van der Waals surface area contributed by atoms with Crippen LogP contribution in [0.1, 0.15) is 29.5 Å². The van der Waals surface area contributed by atoms with Crippen molar-refractivity contribution in [3.8, 4) is 0 Å². The summed E-state index contributed by atoms with van der Waals surface area (Å²) in [7, 11) is -7.55. The lowest BCUT2D eigenvalue weighted by Crippen LogP contribution is -2.43. The summed E-state index contributed by atoms with van der Waals surface area (Å²) >= 11 is 5.93. The number of carbonyl (C=O) groups is 1. The van der Waals surface area contributed by atoms with Crippen molar-refractivity contribution in [1.82, 2.24) is 4.31 Å². The van der Waals surface area contributed by atoms with Crippen LogP contribution in [0, 0.1) is 19.8 Å². The third kappa shape index (κ3) is 5.43. The first-order valence-corrected chi connectivity index (χ1v) is 16.0. The number of fused-ring (bicyclic) bond motifs is 1. The Hall–Kier alpha value is -2.92. The van der Waals surface area contributed by atoms with E-state index in [1.807, 2.05) is 19.1 Å². The average molecular weight is 588 g/mol. The van der Waals surface area contributed by atoms with E-state index in [1.54, 1.807) is 31.2 Å². The van der Waals surface area contributed by atoms with Crippen molar-refractivity contribution in [3.63, 3.8) is 0 Å². The second-order valence-corrected chi connectivity index (χ2v) is 14.3. The molecule has 2 aliphatic heterocycles. The molecule has 5 rings (SSSR count). The van der Waals surface area contributed by atoms with Gasteiger partial charge in [0.1, 0.15) is 0 Å². The largest absolute Gasteiger partial charge is 0.326 e. The molecule has 3 aromatic rings. The second-order valence-electron chi connectivity index (χ2n) is 10.1. The van der Waals surface area contributed by atoms with Crippen LogP contribution >= 0.6 is 11.6 Å². The summed E-state index contributed by atoms with van der Waals surface area (Å²) in [5.74, 6) is -0.818. The van der Waals surface area contributed by atoms with Crippen LogP contribution in [-0.2, 0) is 31.3 Å². The van der Waals surface area contributed by atoms with E-state index < -0.39 is 26.0 Å². The minimum absolute atomic E-state index is 0.0869. The van der Waals surface area contributed by atoms with E-state index in [-0.39, 0.29) is 22.2 Å². The molecule has 2 heterocycles. The molecule has 1 amide bonds. The van der Waals surface area contributed by atoms with Crippen LogP contribution < -0.4 is 9.62 Å². The molecule has 39 heavy (non-hydrogen) atoms. The molecule has 0 aliphatic carbocycles. The molecule has 206 valence electrons. The molecule has 0 radical (unpaired) electrons. The number of hydrogen-bond donors (Lipinski definition) is 1. The van der Waals surface area contributed by atoms with Gasteiger partial charge >= 0.3 is 0 Å². The van der Waals surface area contributed by atoms with Crippen LogP contribution in [0.4, 0.5) is 11.4 Å². The van der Waals surface area contributed by atoms with E-state index in [0.717, 1.165) is 11.1 Å². The number of carbonyl (C=O) groups excluding carboxylic acids is 1. The van der Waals surface area contributed by atoms with Gasteiger partial charge in [-0.25, -0.2) is 16.8 Å². The molecule has 2 aliphatic rings. The molecule has 0 aromatic heterocycles. The third-order valence-corrected chi connectivity index (χ3v) is 11.4. The maximum Gasteiger partial charge on any atom is 0.264 e. The summed E-state index contributed by atoms with van der Waals surface area (Å²) < 4.78 is 56.2. The monoisotopic (exact) mass is 587 g/mol. The smallest absolute Gasteiger partial charge is 0.264 e. The number of benzene rings is 3. The summed E-state index contributed by atoms with van der Waals surface area (Å²) in [6, 6.07) is 16.6. The number of halogens is 1. The minimum atomic E-state index is -3.80. The summed E-state index contributed by atoms with van der Waals surface area (Å²) in [6.07, 6.45) is 1.69. The predicted molar refractivity (Wildman–Crippen MR) is 152 cm³/mol. The molecule has 8 nitrogen and oxygen atoms in total. The van der Waals surface area contributed by atoms with Crippen LogP contribution in [0.25, 0.3) is 0 Å². The van der Waals surface area contributed by atoms with Gasteiger partial charge in [-0.3, -0.25) is 9.10 Å². The Balaban J connectivity index is 1.33. The van der Waals surface area contributed by atoms with Crippen molar-refractivity contribution in [3.05, 3.63) is 82.4 Å². The molecular formula is C28H30ClN3O5S2. The Kier molecular flexibility index (Phi) is 7.49. The fraction of sp³-hybridized carbons (Fsp3) is 0.321. The Labute approximate surface area is 234 Å². The fourth-order valence-electron chi connectivity index (χ4n) is 5.15. The topological polar surface area (TPSA) is 104 Å². The van der Waals surface area contributed by atoms with E-state index in [2.05, 4.69) is 5.32 Å². The molecule has 0 saturated carbocycles. The SMILES string of the molecule is Cc1ccc(C)c(S(=O)(=O)N2CCCC(C(=O)Nc3ccc4c(c3)N(S(=O)(=O)c3ccc(Cl)cc3)CC4)C2)c1. The molecule has 1 unspecified atom stereocenters. The van der Waals surface area contributed by atoms with E-state index in [4.69, 9.17) is 11.6 Å². The standard InChI is InChI=1S/C28H30ClN3O5S2/c1-19-5-6-20(2)27(16-19)39(36,37)31-14-3-4-22(18-31)28(33)30-24-10-7-21-13-15-32(26(21)17-24)38(34,35)25-11-8-23(29)9-12-25/h5-12,16-17,22H,3-4,13-15,18H2,1-2H3,(H,30,33). The number of amides is 1. The van der Waals surface area contributed by atoms with Gasteiger partial charge in [0.05, 0.1) is 21.4 Å². The molecule has 1 saturated heterocycles. The van der Waals surface area contributed by atoms with Crippen LogP contribution in [0.5, 0.6) is 0 Å². The number of nitrogens with one attached hydrogen (secondary N) is 1. The highest BCUT2D eigenvalue weighted by Crippen LogP contribution is 2.36. The minimum Gasteiger partial charge on any atom is -0.326 e. The first-order chi connectivity index (χ1) is 18.5. The van der Waals surface area contributed by atoms with Crippen molar-refractivity contribution in [2.24, 2.45) is 5.92 Å². The molecule has 0 spiro atoms. The summed E-state index contributed by atoms with van der Waals surface area (Å²) in [5.41, 5.74) is 3.38. The number of aryl methyl sites for hydroxylation is 2. The van der Waals surface area contributed by atoms with Gasteiger partial charge in [-0.05, 0) is 92.3 Å². The Morgan fingerprint density at radius 1 is 0.923 bits per heavy atom. The average Bonchev–Trinajstić information content (AvgIpc) is 3.34. The predicted octanol–water partition coefficient (Wildman–Crippen LogP) is 4.75. The van der Waals surface area contributed by atoms with Crippen molar-refractivity contribution in [2.45, 2.75) is 42.9 Å². The maximum absolute atomic E-state index is 13.4. The van der Waals surface area contributed by atoms with Gasteiger partial charge in [-0.2, -0.15) is 4.31 Å². The molecular weight excluding hydrogens is 558 g/mol. The highest BCUT2D eigenvalue weighted by molar-refractivity contribution is 7.92. The molecule has 3 aromatic carbocycles. The Morgan fingerprint density at radius 2 is 1.67 bits per heavy atom. The van der Waals surface area contributed by atoms with Gasteiger partial charge in [-0.15, -0.1) is 0 Å². The first-order valence-electron chi connectivity index (χ1n) is 12.8. The molecule has 1 fully saturated rings. The van der Waals surface area contributed by atoms with E-state index in [9.17, 15) is 21.6 Å². The van der Waals surface area contributed by atoms with E-state index >= 15 is 0 Å². The van der Waals surface area contributed by atoms with Gasteiger partial charge in [0.25, 0.3) is 10.0 Å². The molecule has 11 heteroatoms. The van der Waals surface area contributed by atoms with Crippen molar-refractivity contribution < 1.29 is 21.6 Å². The van der Waals surface area contributed by atoms with Gasteiger partial charge in [0.2, 0.25) is 15.9 Å². The number of hydrogen-bond acceptors (Lipinski definition) is 5. The highest BCUT2D eigenvalue weighted by Gasteiger charge is 2.35. The number of rotatable bonds is 6. The molecule has 1 N–H and O–H groups in total. The normalized spacial score (nSPS) is 18.1. The second kappa shape index (κ2) is 10.6. The molecule has 0 bridgehead atoms. The van der Waals surface area contributed by atoms with E-state index in [0.29, 0.717) is 54.3 Å². The lowest BCUT2D eigenvalue weighted by atomic mass is 9.98. The van der Waals surface area contributed by atoms with Crippen molar-refractivity contribution in [2.75, 3.05) is 29.3 Å². The summed E-state index contributed by atoms with van der Waals surface area (Å²) in [5, 5.41) is 3.34. The molecule has 1 atom stereocenters. The fourth-order valence-corrected chi connectivity index (χ4v) is 8.61. The van der Waals surface area contributed by atoms with Crippen LogP contribution in [0.15, 0.2) is 70.5 Å². The lowest BCUT2D eigenvalue weighted by Gasteiger charge is -2.31. The zero-order chi connectivity index (χ0) is 27.9. The van der Waals surface area contributed by atoms with Gasteiger partial charge in [0.15, 0.2) is 0 Å². The third-order valence-electron chi connectivity index (χ3n) is 7.32. The van der Waals surface area contributed by atoms with Crippen molar-refractivity contribution >= 4 is 48.9 Å².